The molecule has 6 heteroatoms. The Kier molecular flexibility index (Phi) is 4.11. The summed E-state index contributed by atoms with van der Waals surface area (Å²) in [6.45, 7) is 3.67. The second-order valence-corrected chi connectivity index (χ2v) is 5.49. The van der Waals surface area contributed by atoms with E-state index >= 15 is 0 Å². The summed E-state index contributed by atoms with van der Waals surface area (Å²) in [4.78, 5) is 10.5. The molecule has 0 heterocycles. The average molecular weight is 257 g/mol. The van der Waals surface area contributed by atoms with Crippen molar-refractivity contribution >= 4 is 21.7 Å². The summed E-state index contributed by atoms with van der Waals surface area (Å²) in [5.41, 5.74) is 1.32. The molecule has 0 aliphatic carbocycles. The summed E-state index contributed by atoms with van der Waals surface area (Å²) >= 11 is 0. The molecule has 1 N–H and O–H groups in total. The van der Waals surface area contributed by atoms with Crippen molar-refractivity contribution in [2.75, 3.05) is 16.6 Å². The van der Waals surface area contributed by atoms with Crippen molar-refractivity contribution in [1.29, 1.82) is 0 Å². The van der Waals surface area contributed by atoms with Crippen LogP contribution in [0.15, 0.2) is 24.3 Å². The van der Waals surface area contributed by atoms with Gasteiger partial charge in [0.1, 0.15) is 0 Å². The van der Waals surface area contributed by atoms with Gasteiger partial charge < -0.3 is 5.11 Å². The van der Waals surface area contributed by atoms with Gasteiger partial charge in [0.15, 0.2) is 5.75 Å². The number of aryl methyl sites for hydroxylation is 1. The fourth-order valence-electron chi connectivity index (χ4n) is 1.59. The van der Waals surface area contributed by atoms with Crippen molar-refractivity contribution in [2.24, 2.45) is 0 Å². The molecule has 0 aliphatic heterocycles. The number of carboxylic acids is 1. The lowest BCUT2D eigenvalue weighted by atomic mass is 10.2. The van der Waals surface area contributed by atoms with Gasteiger partial charge in [0.25, 0.3) is 0 Å². The molecule has 5 nitrogen and oxygen atoms in total. The maximum absolute atomic E-state index is 11.9. The van der Waals surface area contributed by atoms with Crippen LogP contribution in [0.4, 0.5) is 5.69 Å². The predicted molar refractivity (Wildman–Crippen MR) is 65.6 cm³/mol. The van der Waals surface area contributed by atoms with Crippen molar-refractivity contribution < 1.29 is 18.3 Å². The molecule has 0 radical (unpaired) electrons. The van der Waals surface area contributed by atoms with Crippen LogP contribution in [0.3, 0.4) is 0 Å². The summed E-state index contributed by atoms with van der Waals surface area (Å²) in [6, 6.07) is 6.98. The van der Waals surface area contributed by atoms with E-state index in [4.69, 9.17) is 5.11 Å². The average Bonchev–Trinajstić information content (AvgIpc) is 2.19. The number of nitrogens with zero attached hydrogens (tertiary/aromatic N) is 1. The van der Waals surface area contributed by atoms with Crippen LogP contribution in [0.5, 0.6) is 0 Å². The molecule has 1 rings (SSSR count). The van der Waals surface area contributed by atoms with Gasteiger partial charge in [-0.2, -0.15) is 0 Å². The second-order valence-electron chi connectivity index (χ2n) is 3.60. The number of benzene rings is 1. The van der Waals surface area contributed by atoms with E-state index in [0.717, 1.165) is 9.87 Å². The number of carboxylic acid groups (broad SMARTS) is 1. The Morgan fingerprint density at radius 3 is 2.41 bits per heavy atom. The SMILES string of the molecule is CCN(c1ccccc1C)S(=O)(=O)CC(=O)O. The number of hydrogen-bond donors (Lipinski definition) is 1. The molecular formula is C11H15NO4S. The van der Waals surface area contributed by atoms with Crippen LogP contribution < -0.4 is 4.31 Å². The van der Waals surface area contributed by atoms with E-state index < -0.39 is 21.7 Å². The van der Waals surface area contributed by atoms with Gasteiger partial charge in [0.2, 0.25) is 10.0 Å². The van der Waals surface area contributed by atoms with Crippen molar-refractivity contribution in [3.05, 3.63) is 29.8 Å². The van der Waals surface area contributed by atoms with E-state index in [-0.39, 0.29) is 6.54 Å². The van der Waals surface area contributed by atoms with Gasteiger partial charge in [0.05, 0.1) is 5.69 Å². The molecule has 0 spiro atoms. The number of sulfonamides is 1. The highest BCUT2D eigenvalue weighted by atomic mass is 32.2. The molecule has 0 fully saturated rings. The molecule has 94 valence electrons. The summed E-state index contributed by atoms with van der Waals surface area (Å²) in [7, 11) is -3.81. The van der Waals surface area contributed by atoms with Crippen LogP contribution in [0.2, 0.25) is 0 Å². The van der Waals surface area contributed by atoms with Crippen molar-refractivity contribution in [1.82, 2.24) is 0 Å². The lowest BCUT2D eigenvalue weighted by molar-refractivity contribution is -0.134. The minimum atomic E-state index is -3.81. The van der Waals surface area contributed by atoms with Gasteiger partial charge in [-0.15, -0.1) is 0 Å². The Balaban J connectivity index is 3.17. The molecule has 0 saturated carbocycles. The van der Waals surface area contributed by atoms with Crippen LogP contribution >= 0.6 is 0 Å². The zero-order valence-electron chi connectivity index (χ0n) is 9.75. The molecule has 0 aliphatic rings. The van der Waals surface area contributed by atoms with Gasteiger partial charge in [0, 0.05) is 6.54 Å². The van der Waals surface area contributed by atoms with Crippen LogP contribution in [0.1, 0.15) is 12.5 Å². The zero-order valence-corrected chi connectivity index (χ0v) is 10.6. The molecule has 1 aromatic carbocycles. The monoisotopic (exact) mass is 257 g/mol. The van der Waals surface area contributed by atoms with E-state index in [0.29, 0.717) is 5.69 Å². The van der Waals surface area contributed by atoms with Crippen molar-refractivity contribution in [2.45, 2.75) is 13.8 Å². The maximum Gasteiger partial charge on any atom is 0.320 e. The summed E-state index contributed by atoms with van der Waals surface area (Å²) in [6.07, 6.45) is 0. The number of hydrogen-bond acceptors (Lipinski definition) is 3. The fourth-order valence-corrected chi connectivity index (χ4v) is 2.96. The first-order valence-electron chi connectivity index (χ1n) is 5.16. The first-order chi connectivity index (χ1) is 7.88. The molecule has 1 aromatic rings. The molecule has 0 atom stereocenters. The van der Waals surface area contributed by atoms with Crippen molar-refractivity contribution in [3.63, 3.8) is 0 Å². The number of para-hydroxylation sites is 1. The minimum Gasteiger partial charge on any atom is -0.480 e. The normalized spacial score (nSPS) is 11.2. The summed E-state index contributed by atoms with van der Waals surface area (Å²) in [5.74, 6) is -2.24. The first-order valence-corrected chi connectivity index (χ1v) is 6.77. The van der Waals surface area contributed by atoms with E-state index in [2.05, 4.69) is 0 Å². The van der Waals surface area contributed by atoms with Gasteiger partial charge in [-0.1, -0.05) is 18.2 Å². The summed E-state index contributed by atoms with van der Waals surface area (Å²) < 4.78 is 24.9. The van der Waals surface area contributed by atoms with Crippen LogP contribution in [-0.2, 0) is 14.8 Å². The third-order valence-corrected chi connectivity index (χ3v) is 4.05. The first kappa shape index (κ1) is 13.5. The highest BCUT2D eigenvalue weighted by Crippen LogP contribution is 2.22. The molecule has 0 saturated heterocycles. The van der Waals surface area contributed by atoms with Crippen LogP contribution in [0.25, 0.3) is 0 Å². The molecule has 0 bridgehead atoms. The van der Waals surface area contributed by atoms with Crippen LogP contribution in [-0.4, -0.2) is 31.8 Å². The number of rotatable bonds is 5. The lowest BCUT2D eigenvalue weighted by Gasteiger charge is -2.23. The van der Waals surface area contributed by atoms with Gasteiger partial charge in [-0.05, 0) is 25.5 Å². The van der Waals surface area contributed by atoms with E-state index in [1.807, 2.05) is 0 Å². The standard InChI is InChI=1S/C11H15NO4S/c1-3-12(17(15,16)8-11(13)14)10-7-5-4-6-9(10)2/h4-7H,3,8H2,1-2H3,(H,13,14). The Hall–Kier alpha value is -1.56. The Morgan fingerprint density at radius 1 is 1.35 bits per heavy atom. The molecule has 0 amide bonds. The lowest BCUT2D eigenvalue weighted by Crippen LogP contribution is -2.35. The van der Waals surface area contributed by atoms with Gasteiger partial charge in [-0.25, -0.2) is 8.42 Å². The summed E-state index contributed by atoms with van der Waals surface area (Å²) in [5, 5.41) is 8.60. The van der Waals surface area contributed by atoms with E-state index in [1.54, 1.807) is 38.1 Å². The molecular weight excluding hydrogens is 242 g/mol. The smallest absolute Gasteiger partial charge is 0.320 e. The van der Waals surface area contributed by atoms with Gasteiger partial charge in [-0.3, -0.25) is 9.10 Å². The van der Waals surface area contributed by atoms with E-state index in [1.165, 1.54) is 0 Å². The third kappa shape index (κ3) is 3.20. The van der Waals surface area contributed by atoms with Gasteiger partial charge >= 0.3 is 5.97 Å². The molecule has 0 unspecified atom stereocenters. The highest BCUT2D eigenvalue weighted by Gasteiger charge is 2.24. The number of anilines is 1. The van der Waals surface area contributed by atoms with E-state index in [9.17, 15) is 13.2 Å². The number of carbonyl (C=O) groups is 1. The largest absolute Gasteiger partial charge is 0.480 e. The molecule has 0 aromatic heterocycles. The van der Waals surface area contributed by atoms with Crippen LogP contribution in [0, 0.1) is 6.92 Å². The molecule has 17 heavy (non-hydrogen) atoms. The predicted octanol–water partition coefficient (Wildman–Crippen LogP) is 1.24. The Labute approximate surface area is 101 Å². The number of aliphatic carboxylic acids is 1. The highest BCUT2D eigenvalue weighted by molar-refractivity contribution is 7.93. The second kappa shape index (κ2) is 5.18. The maximum atomic E-state index is 11.9. The minimum absolute atomic E-state index is 0.209. The fraction of sp³-hybridized carbons (Fsp3) is 0.364. The quantitative estimate of drug-likeness (QED) is 0.861. The third-order valence-electron chi connectivity index (χ3n) is 2.31. The topological polar surface area (TPSA) is 74.7 Å². The van der Waals surface area contributed by atoms with Crippen molar-refractivity contribution in [3.8, 4) is 0 Å². The Morgan fingerprint density at radius 2 is 1.94 bits per heavy atom. The Bertz CT molecular complexity index is 510. The zero-order chi connectivity index (χ0) is 13.1.